The standard InChI is InChI=1S/C9H7F3N2O4/c10-9(11,12)5-1-2-6(13-3-5)8(17)14-18-4-7(15)16/h1-3H,4H2,(H,14,17)(H,15,16). The summed E-state index contributed by atoms with van der Waals surface area (Å²) < 4.78 is 36.5. The van der Waals surface area contributed by atoms with Gasteiger partial charge in [-0.2, -0.15) is 13.2 Å². The van der Waals surface area contributed by atoms with Gasteiger partial charge in [0.25, 0.3) is 5.91 Å². The molecular weight excluding hydrogens is 257 g/mol. The van der Waals surface area contributed by atoms with Gasteiger partial charge in [-0.3, -0.25) is 14.6 Å². The van der Waals surface area contributed by atoms with Crippen molar-refractivity contribution in [2.24, 2.45) is 0 Å². The molecule has 0 spiro atoms. The van der Waals surface area contributed by atoms with E-state index in [2.05, 4.69) is 9.82 Å². The number of carboxylic acid groups (broad SMARTS) is 1. The highest BCUT2D eigenvalue weighted by atomic mass is 19.4. The van der Waals surface area contributed by atoms with Crippen LogP contribution in [0.4, 0.5) is 13.2 Å². The second-order valence-electron chi connectivity index (χ2n) is 3.04. The molecule has 0 saturated carbocycles. The fourth-order valence-corrected chi connectivity index (χ4v) is 0.912. The average molecular weight is 264 g/mol. The number of carboxylic acids is 1. The molecule has 0 aliphatic heterocycles. The topological polar surface area (TPSA) is 88.5 Å². The van der Waals surface area contributed by atoms with E-state index in [0.717, 1.165) is 6.07 Å². The summed E-state index contributed by atoms with van der Waals surface area (Å²) in [5.74, 6) is -2.25. The summed E-state index contributed by atoms with van der Waals surface area (Å²) in [6.45, 7) is -0.771. The molecule has 0 aromatic carbocycles. The van der Waals surface area contributed by atoms with Gasteiger partial charge >= 0.3 is 12.1 Å². The van der Waals surface area contributed by atoms with E-state index >= 15 is 0 Å². The molecule has 1 aromatic heterocycles. The quantitative estimate of drug-likeness (QED) is 0.787. The Morgan fingerprint density at radius 1 is 1.39 bits per heavy atom. The van der Waals surface area contributed by atoms with Crippen LogP contribution in [0.1, 0.15) is 16.1 Å². The molecule has 0 radical (unpaired) electrons. The highest BCUT2D eigenvalue weighted by Gasteiger charge is 2.30. The van der Waals surface area contributed by atoms with Crippen LogP contribution in [0.25, 0.3) is 0 Å². The van der Waals surface area contributed by atoms with E-state index in [9.17, 15) is 22.8 Å². The number of nitrogens with one attached hydrogen (secondary N) is 1. The van der Waals surface area contributed by atoms with Crippen molar-refractivity contribution in [3.8, 4) is 0 Å². The van der Waals surface area contributed by atoms with Crippen molar-refractivity contribution in [3.05, 3.63) is 29.6 Å². The minimum Gasteiger partial charge on any atom is -0.479 e. The van der Waals surface area contributed by atoms with E-state index in [1.54, 1.807) is 5.48 Å². The lowest BCUT2D eigenvalue weighted by molar-refractivity contribution is -0.144. The molecule has 2 N–H and O–H groups in total. The first kappa shape index (κ1) is 13.9. The maximum Gasteiger partial charge on any atom is 0.417 e. The SMILES string of the molecule is O=C(O)CONC(=O)c1ccc(C(F)(F)F)cn1. The normalized spacial score (nSPS) is 11.1. The Bertz CT molecular complexity index is 444. The van der Waals surface area contributed by atoms with Crippen LogP contribution in [-0.2, 0) is 15.8 Å². The number of nitrogens with zero attached hydrogens (tertiary/aromatic N) is 1. The number of carbonyl (C=O) groups excluding carboxylic acids is 1. The monoisotopic (exact) mass is 264 g/mol. The Kier molecular flexibility index (Phi) is 4.21. The maximum atomic E-state index is 12.2. The number of alkyl halides is 3. The minimum atomic E-state index is -4.54. The van der Waals surface area contributed by atoms with Crippen LogP contribution in [0.3, 0.4) is 0 Å². The number of pyridine rings is 1. The first-order valence-electron chi connectivity index (χ1n) is 4.48. The summed E-state index contributed by atoms with van der Waals surface area (Å²) in [6.07, 6.45) is -4.05. The largest absolute Gasteiger partial charge is 0.479 e. The minimum absolute atomic E-state index is 0.326. The van der Waals surface area contributed by atoms with Crippen molar-refractivity contribution < 1.29 is 32.7 Å². The first-order chi connectivity index (χ1) is 8.30. The van der Waals surface area contributed by atoms with E-state index in [4.69, 9.17) is 5.11 Å². The third-order valence-electron chi connectivity index (χ3n) is 1.68. The van der Waals surface area contributed by atoms with Crippen LogP contribution in [0.15, 0.2) is 18.3 Å². The molecule has 1 amide bonds. The Hall–Kier alpha value is -2.16. The number of carbonyl (C=O) groups is 2. The highest BCUT2D eigenvalue weighted by molar-refractivity contribution is 5.91. The van der Waals surface area contributed by atoms with Crippen LogP contribution in [-0.4, -0.2) is 28.6 Å². The van der Waals surface area contributed by atoms with Crippen LogP contribution < -0.4 is 5.48 Å². The molecule has 0 aliphatic carbocycles. The van der Waals surface area contributed by atoms with Gasteiger partial charge in [0.05, 0.1) is 5.56 Å². The van der Waals surface area contributed by atoms with Gasteiger partial charge in [0, 0.05) is 6.20 Å². The van der Waals surface area contributed by atoms with Gasteiger partial charge in [0.15, 0.2) is 6.61 Å². The molecule has 9 heteroatoms. The summed E-state index contributed by atoms with van der Waals surface area (Å²) in [5, 5.41) is 8.21. The predicted molar refractivity (Wildman–Crippen MR) is 50.3 cm³/mol. The van der Waals surface area contributed by atoms with Crippen molar-refractivity contribution in [2.45, 2.75) is 6.18 Å². The van der Waals surface area contributed by atoms with Crippen molar-refractivity contribution in [1.29, 1.82) is 0 Å². The molecule has 1 aromatic rings. The molecule has 1 rings (SSSR count). The van der Waals surface area contributed by atoms with E-state index in [1.807, 2.05) is 0 Å². The van der Waals surface area contributed by atoms with E-state index in [0.29, 0.717) is 12.3 Å². The highest BCUT2D eigenvalue weighted by Crippen LogP contribution is 2.28. The number of aliphatic carboxylic acids is 1. The van der Waals surface area contributed by atoms with Crippen LogP contribution in [0, 0.1) is 0 Å². The van der Waals surface area contributed by atoms with Crippen molar-refractivity contribution >= 4 is 11.9 Å². The smallest absolute Gasteiger partial charge is 0.417 e. The van der Waals surface area contributed by atoms with E-state index < -0.39 is 30.2 Å². The van der Waals surface area contributed by atoms with Gasteiger partial charge in [-0.1, -0.05) is 0 Å². The second-order valence-corrected chi connectivity index (χ2v) is 3.04. The van der Waals surface area contributed by atoms with Crippen molar-refractivity contribution in [2.75, 3.05) is 6.61 Å². The lowest BCUT2D eigenvalue weighted by Crippen LogP contribution is -2.27. The fourth-order valence-electron chi connectivity index (χ4n) is 0.912. The van der Waals surface area contributed by atoms with Gasteiger partial charge in [-0.25, -0.2) is 10.3 Å². The first-order valence-corrected chi connectivity index (χ1v) is 4.48. The van der Waals surface area contributed by atoms with E-state index in [-0.39, 0.29) is 5.69 Å². The summed E-state index contributed by atoms with van der Waals surface area (Å²) in [7, 11) is 0. The molecule has 0 atom stereocenters. The Morgan fingerprint density at radius 2 is 2.06 bits per heavy atom. The zero-order valence-electron chi connectivity index (χ0n) is 8.69. The van der Waals surface area contributed by atoms with Gasteiger partial charge in [-0.05, 0) is 12.1 Å². The van der Waals surface area contributed by atoms with Gasteiger partial charge in [-0.15, -0.1) is 0 Å². The van der Waals surface area contributed by atoms with Gasteiger partial charge in [0.1, 0.15) is 5.69 Å². The van der Waals surface area contributed by atoms with Crippen LogP contribution in [0.2, 0.25) is 0 Å². The third kappa shape index (κ3) is 4.01. The zero-order valence-corrected chi connectivity index (χ0v) is 8.69. The molecule has 0 bridgehead atoms. The Labute approximate surface area is 98.3 Å². The number of rotatable bonds is 4. The average Bonchev–Trinajstić information content (AvgIpc) is 2.27. The van der Waals surface area contributed by atoms with Crippen molar-refractivity contribution in [3.63, 3.8) is 0 Å². The molecule has 0 fully saturated rings. The molecule has 98 valence electrons. The molecule has 0 aliphatic rings. The van der Waals surface area contributed by atoms with E-state index in [1.165, 1.54) is 0 Å². The molecule has 0 unspecified atom stereocenters. The van der Waals surface area contributed by atoms with Crippen LogP contribution in [0.5, 0.6) is 0 Å². The Morgan fingerprint density at radius 3 is 2.50 bits per heavy atom. The van der Waals surface area contributed by atoms with Crippen molar-refractivity contribution in [1.82, 2.24) is 10.5 Å². The van der Waals surface area contributed by atoms with Crippen LogP contribution >= 0.6 is 0 Å². The van der Waals surface area contributed by atoms with Gasteiger partial charge < -0.3 is 5.11 Å². The summed E-state index contributed by atoms with van der Waals surface area (Å²) in [6, 6.07) is 1.53. The summed E-state index contributed by atoms with van der Waals surface area (Å²) in [4.78, 5) is 28.8. The summed E-state index contributed by atoms with van der Waals surface area (Å²) in [5.41, 5.74) is 0.404. The third-order valence-corrected chi connectivity index (χ3v) is 1.68. The molecule has 0 saturated heterocycles. The molecule has 18 heavy (non-hydrogen) atoms. The number of amides is 1. The maximum absolute atomic E-state index is 12.2. The fraction of sp³-hybridized carbons (Fsp3) is 0.222. The van der Waals surface area contributed by atoms with Gasteiger partial charge in [0.2, 0.25) is 0 Å². The lowest BCUT2D eigenvalue weighted by Gasteiger charge is -2.07. The number of halogens is 3. The Balaban J connectivity index is 2.62. The zero-order chi connectivity index (χ0) is 13.8. The number of hydrogen-bond donors (Lipinski definition) is 2. The number of hydroxylamine groups is 1. The summed E-state index contributed by atoms with van der Waals surface area (Å²) >= 11 is 0. The predicted octanol–water partition coefficient (Wildman–Crippen LogP) is 0.846. The number of hydrogen-bond acceptors (Lipinski definition) is 4. The molecular formula is C9H7F3N2O4. The number of aromatic nitrogens is 1. The second kappa shape index (κ2) is 5.45. The molecule has 1 heterocycles. The lowest BCUT2D eigenvalue weighted by atomic mass is 10.2. The molecule has 6 nitrogen and oxygen atoms in total.